The monoisotopic (exact) mass is 228 g/mol. The zero-order chi connectivity index (χ0) is 12.3. The Hall–Kier alpha value is -2.36. The molecule has 0 saturated heterocycles. The number of nitrogens with zero attached hydrogens (tertiary/aromatic N) is 1. The van der Waals surface area contributed by atoms with E-state index in [1.165, 1.54) is 0 Å². The van der Waals surface area contributed by atoms with E-state index < -0.39 is 5.91 Å². The fourth-order valence-electron chi connectivity index (χ4n) is 1.61. The number of nitrogens with two attached hydrogens (primary N) is 1. The molecular formula is C13H12N2O2. The van der Waals surface area contributed by atoms with E-state index in [1.54, 1.807) is 19.4 Å². The van der Waals surface area contributed by atoms with Gasteiger partial charge in [-0.1, -0.05) is 18.2 Å². The third-order valence-corrected chi connectivity index (χ3v) is 2.44. The highest BCUT2D eigenvalue weighted by Gasteiger charge is 2.10. The first-order valence-corrected chi connectivity index (χ1v) is 5.11. The topological polar surface area (TPSA) is 65.2 Å². The molecule has 2 aromatic rings. The van der Waals surface area contributed by atoms with Crippen LogP contribution in [0.4, 0.5) is 0 Å². The van der Waals surface area contributed by atoms with Gasteiger partial charge < -0.3 is 10.5 Å². The molecule has 0 spiro atoms. The minimum absolute atomic E-state index is 0.276. The number of hydrogen-bond acceptors (Lipinski definition) is 3. The molecule has 0 radical (unpaired) electrons. The van der Waals surface area contributed by atoms with Gasteiger partial charge in [-0.25, -0.2) is 0 Å². The Morgan fingerprint density at radius 2 is 1.94 bits per heavy atom. The van der Waals surface area contributed by atoms with Crippen molar-refractivity contribution >= 4 is 5.91 Å². The minimum atomic E-state index is -0.531. The van der Waals surface area contributed by atoms with Crippen molar-refractivity contribution in [3.8, 4) is 16.9 Å². The van der Waals surface area contributed by atoms with Crippen LogP contribution in [0.25, 0.3) is 11.1 Å². The third kappa shape index (κ3) is 2.25. The van der Waals surface area contributed by atoms with Crippen LogP contribution < -0.4 is 10.5 Å². The van der Waals surface area contributed by atoms with Gasteiger partial charge >= 0.3 is 0 Å². The average molecular weight is 228 g/mol. The second-order valence-corrected chi connectivity index (χ2v) is 3.49. The van der Waals surface area contributed by atoms with Crippen LogP contribution >= 0.6 is 0 Å². The van der Waals surface area contributed by atoms with Crippen molar-refractivity contribution in [2.75, 3.05) is 7.11 Å². The lowest BCUT2D eigenvalue weighted by Gasteiger charge is -2.06. The van der Waals surface area contributed by atoms with Crippen LogP contribution in [-0.4, -0.2) is 18.0 Å². The number of benzene rings is 1. The number of aromatic nitrogens is 1. The average Bonchev–Trinajstić information content (AvgIpc) is 2.39. The van der Waals surface area contributed by atoms with Gasteiger partial charge in [-0.2, -0.15) is 0 Å². The highest BCUT2D eigenvalue weighted by atomic mass is 16.5. The number of primary amides is 1. The Morgan fingerprint density at radius 1 is 1.24 bits per heavy atom. The van der Waals surface area contributed by atoms with E-state index >= 15 is 0 Å². The predicted molar refractivity (Wildman–Crippen MR) is 64.7 cm³/mol. The predicted octanol–water partition coefficient (Wildman–Crippen LogP) is 1.86. The largest absolute Gasteiger partial charge is 0.497 e. The Balaban J connectivity index is 2.48. The molecule has 0 aliphatic rings. The van der Waals surface area contributed by atoms with Crippen LogP contribution in [0.5, 0.6) is 5.75 Å². The first-order chi connectivity index (χ1) is 8.22. The number of pyridine rings is 1. The summed E-state index contributed by atoms with van der Waals surface area (Å²) in [5, 5.41) is 0. The van der Waals surface area contributed by atoms with Crippen molar-refractivity contribution in [2.45, 2.75) is 0 Å². The number of methoxy groups -OCH3 is 1. The van der Waals surface area contributed by atoms with E-state index in [0.29, 0.717) is 0 Å². The van der Waals surface area contributed by atoms with E-state index in [-0.39, 0.29) is 5.69 Å². The molecule has 0 aliphatic carbocycles. The molecule has 0 unspecified atom stereocenters. The van der Waals surface area contributed by atoms with Gasteiger partial charge in [0.05, 0.1) is 7.11 Å². The number of carbonyl (C=O) groups is 1. The maximum absolute atomic E-state index is 11.3. The Kier molecular flexibility index (Phi) is 3.05. The highest BCUT2D eigenvalue weighted by molar-refractivity contribution is 5.97. The van der Waals surface area contributed by atoms with E-state index in [1.807, 2.05) is 30.3 Å². The number of carbonyl (C=O) groups excluding carboxylic acids is 1. The van der Waals surface area contributed by atoms with Gasteiger partial charge in [-0.15, -0.1) is 0 Å². The van der Waals surface area contributed by atoms with Gasteiger partial charge in [0.1, 0.15) is 11.4 Å². The lowest BCUT2D eigenvalue weighted by Crippen LogP contribution is -2.14. The molecule has 0 aliphatic heterocycles. The zero-order valence-electron chi connectivity index (χ0n) is 9.38. The lowest BCUT2D eigenvalue weighted by atomic mass is 10.0. The van der Waals surface area contributed by atoms with Gasteiger partial charge in [-0.05, 0) is 23.8 Å². The molecule has 4 nitrogen and oxygen atoms in total. The third-order valence-electron chi connectivity index (χ3n) is 2.44. The summed E-state index contributed by atoms with van der Waals surface area (Å²) >= 11 is 0. The van der Waals surface area contributed by atoms with Gasteiger partial charge in [-0.3, -0.25) is 9.78 Å². The molecule has 1 heterocycles. The van der Waals surface area contributed by atoms with Crippen molar-refractivity contribution in [2.24, 2.45) is 5.73 Å². The van der Waals surface area contributed by atoms with Gasteiger partial charge in [0, 0.05) is 11.8 Å². The van der Waals surface area contributed by atoms with E-state index in [9.17, 15) is 4.79 Å². The smallest absolute Gasteiger partial charge is 0.267 e. The molecular weight excluding hydrogens is 216 g/mol. The maximum Gasteiger partial charge on any atom is 0.267 e. The van der Waals surface area contributed by atoms with Crippen LogP contribution in [0.1, 0.15) is 10.5 Å². The normalized spacial score (nSPS) is 9.94. The summed E-state index contributed by atoms with van der Waals surface area (Å²) in [7, 11) is 1.61. The standard InChI is InChI=1S/C13H12N2O2/c1-17-10-6-4-9(5-7-10)11-3-2-8-15-12(11)13(14)16/h2-8H,1H3,(H2,14,16). The Bertz CT molecular complexity index is 535. The summed E-state index contributed by atoms with van der Waals surface area (Å²) in [6.07, 6.45) is 1.55. The molecule has 1 aromatic heterocycles. The fraction of sp³-hybridized carbons (Fsp3) is 0.0769. The first kappa shape index (κ1) is 11.1. The highest BCUT2D eigenvalue weighted by Crippen LogP contribution is 2.24. The summed E-state index contributed by atoms with van der Waals surface area (Å²) in [6, 6.07) is 11.0. The van der Waals surface area contributed by atoms with Crippen molar-refractivity contribution in [3.63, 3.8) is 0 Å². The van der Waals surface area contributed by atoms with Crippen LogP contribution in [0, 0.1) is 0 Å². The number of amides is 1. The Morgan fingerprint density at radius 3 is 2.53 bits per heavy atom. The number of hydrogen-bond donors (Lipinski definition) is 1. The van der Waals surface area contributed by atoms with E-state index in [0.717, 1.165) is 16.9 Å². The molecule has 2 N–H and O–H groups in total. The summed E-state index contributed by atoms with van der Waals surface area (Å²) in [4.78, 5) is 15.2. The summed E-state index contributed by atoms with van der Waals surface area (Å²) in [5.41, 5.74) is 7.16. The fourth-order valence-corrected chi connectivity index (χ4v) is 1.61. The molecule has 4 heteroatoms. The van der Waals surface area contributed by atoms with Crippen LogP contribution in [0.3, 0.4) is 0 Å². The summed E-state index contributed by atoms with van der Waals surface area (Å²) in [6.45, 7) is 0. The second kappa shape index (κ2) is 4.65. The Labute approximate surface area is 99.1 Å². The molecule has 1 aromatic carbocycles. The zero-order valence-corrected chi connectivity index (χ0v) is 9.38. The lowest BCUT2D eigenvalue weighted by molar-refractivity contribution is 0.0996. The van der Waals surface area contributed by atoms with Crippen molar-refractivity contribution in [1.82, 2.24) is 4.98 Å². The molecule has 0 atom stereocenters. The second-order valence-electron chi connectivity index (χ2n) is 3.49. The molecule has 0 saturated carbocycles. The van der Waals surface area contributed by atoms with Gasteiger partial charge in [0.2, 0.25) is 0 Å². The van der Waals surface area contributed by atoms with E-state index in [2.05, 4.69) is 4.98 Å². The number of ether oxygens (including phenoxy) is 1. The molecule has 17 heavy (non-hydrogen) atoms. The maximum atomic E-state index is 11.3. The van der Waals surface area contributed by atoms with Crippen molar-refractivity contribution < 1.29 is 9.53 Å². The first-order valence-electron chi connectivity index (χ1n) is 5.11. The molecule has 1 amide bonds. The van der Waals surface area contributed by atoms with Gasteiger partial charge in [0.15, 0.2) is 0 Å². The molecule has 0 fully saturated rings. The van der Waals surface area contributed by atoms with Crippen molar-refractivity contribution in [3.05, 3.63) is 48.3 Å². The molecule has 0 bridgehead atoms. The quantitative estimate of drug-likeness (QED) is 0.871. The van der Waals surface area contributed by atoms with Crippen molar-refractivity contribution in [1.29, 1.82) is 0 Å². The van der Waals surface area contributed by atoms with Gasteiger partial charge in [0.25, 0.3) is 5.91 Å². The number of rotatable bonds is 3. The SMILES string of the molecule is COc1ccc(-c2cccnc2C(N)=O)cc1. The molecule has 86 valence electrons. The molecule has 2 rings (SSSR count). The van der Waals surface area contributed by atoms with E-state index in [4.69, 9.17) is 10.5 Å². The van der Waals surface area contributed by atoms with Crippen LogP contribution in [0.2, 0.25) is 0 Å². The summed E-state index contributed by atoms with van der Waals surface area (Å²) in [5.74, 6) is 0.231. The van der Waals surface area contributed by atoms with Crippen LogP contribution in [-0.2, 0) is 0 Å². The van der Waals surface area contributed by atoms with Crippen LogP contribution in [0.15, 0.2) is 42.6 Å². The summed E-state index contributed by atoms with van der Waals surface area (Å²) < 4.78 is 5.08. The minimum Gasteiger partial charge on any atom is -0.497 e.